The van der Waals surface area contributed by atoms with Crippen molar-refractivity contribution in [1.29, 1.82) is 0 Å². The van der Waals surface area contributed by atoms with Gasteiger partial charge in [-0.1, -0.05) is 141 Å². The summed E-state index contributed by atoms with van der Waals surface area (Å²) in [6.45, 7) is 8.60. The number of nitrogens with zero attached hydrogens (tertiary/aromatic N) is 2. The Morgan fingerprint density at radius 1 is 0.667 bits per heavy atom. The van der Waals surface area contributed by atoms with Crippen molar-refractivity contribution in [1.82, 2.24) is 4.90 Å². The Morgan fingerprint density at radius 2 is 1.10 bits per heavy atom. The predicted molar refractivity (Wildman–Crippen MR) is 205 cm³/mol. The molecule has 0 saturated heterocycles. The fraction of sp³-hybridized carbons (Fsp3) is 0.857. The third-order valence-electron chi connectivity index (χ3n) is 9.67. The standard InChI is InChI=1S/C42H79N2O3.H2O/c1-3-5-7-9-11-13-15-17-19-21-23-25-27-29-31-33-41-43(37-39-45)35-36-44(41)38-40-47-42(46)34-32-30-28-26-24-22-20-18-16-14-12-10-8-6-4-2;/h17-20,45H,3-16,21-40H2,1-2H3;1H2/q+1;/p-1/b19-17-,20-18-;. The molecule has 0 radical (unpaired) electrons. The minimum atomic E-state index is -0.0483. The lowest BCUT2D eigenvalue weighted by atomic mass is 10.1. The summed E-state index contributed by atoms with van der Waals surface area (Å²) < 4.78 is 7.96. The lowest BCUT2D eigenvalue weighted by Gasteiger charge is -2.14. The number of aliphatic hydroxyl groups excluding tert-OH is 1. The summed E-state index contributed by atoms with van der Waals surface area (Å²) in [4.78, 5) is 14.7. The van der Waals surface area contributed by atoms with E-state index in [4.69, 9.17) is 4.74 Å². The Kier molecular flexibility index (Phi) is 35.3. The number of esters is 1. The van der Waals surface area contributed by atoms with E-state index in [1.54, 1.807) is 0 Å². The van der Waals surface area contributed by atoms with Gasteiger partial charge >= 0.3 is 5.97 Å². The third-order valence-corrected chi connectivity index (χ3v) is 9.67. The number of allylic oxidation sites excluding steroid dienone is 4. The molecule has 1 aliphatic rings. The molecule has 1 rings (SSSR count). The van der Waals surface area contributed by atoms with Crippen molar-refractivity contribution in [3.8, 4) is 0 Å². The molecule has 48 heavy (non-hydrogen) atoms. The maximum absolute atomic E-state index is 12.3. The van der Waals surface area contributed by atoms with E-state index in [9.17, 15) is 9.90 Å². The van der Waals surface area contributed by atoms with Crippen LogP contribution in [0.3, 0.4) is 0 Å². The van der Waals surface area contributed by atoms with E-state index in [0.717, 1.165) is 38.9 Å². The average molecular weight is 677 g/mol. The summed E-state index contributed by atoms with van der Waals surface area (Å²) >= 11 is 0. The summed E-state index contributed by atoms with van der Waals surface area (Å²) in [7, 11) is 0. The van der Waals surface area contributed by atoms with Crippen LogP contribution in [0.1, 0.15) is 194 Å². The number of rotatable bonds is 35. The van der Waals surface area contributed by atoms with Gasteiger partial charge in [-0.05, 0) is 64.2 Å². The van der Waals surface area contributed by atoms with E-state index >= 15 is 0 Å². The minimum absolute atomic E-state index is 0. The Labute approximate surface area is 298 Å². The molecule has 0 spiro atoms. The van der Waals surface area contributed by atoms with Crippen LogP contribution in [-0.4, -0.2) is 71.3 Å². The summed E-state index contributed by atoms with van der Waals surface area (Å²) in [6, 6.07) is 0. The summed E-state index contributed by atoms with van der Waals surface area (Å²) in [5.41, 5.74) is 0. The third kappa shape index (κ3) is 28.2. The zero-order chi connectivity index (χ0) is 33.9. The van der Waals surface area contributed by atoms with Crippen LogP contribution in [-0.2, 0) is 9.53 Å². The number of carbonyl (C=O) groups excluding carboxylic acids is 1. The van der Waals surface area contributed by atoms with E-state index in [0.29, 0.717) is 19.6 Å². The first-order chi connectivity index (χ1) is 23.2. The van der Waals surface area contributed by atoms with Gasteiger partial charge in [0.25, 0.3) is 0 Å². The number of unbranched alkanes of at least 4 members (excludes halogenated alkanes) is 22. The molecule has 0 atom stereocenters. The van der Waals surface area contributed by atoms with E-state index in [2.05, 4.69) is 47.6 Å². The molecule has 0 saturated carbocycles. The number of aliphatic hydroxyl groups is 1. The second-order valence-corrected chi connectivity index (χ2v) is 14.0. The van der Waals surface area contributed by atoms with Crippen molar-refractivity contribution in [2.75, 3.05) is 39.4 Å². The topological polar surface area (TPSA) is 82.8 Å². The molecule has 1 heterocycles. The van der Waals surface area contributed by atoms with Crippen LogP contribution in [0, 0.1) is 0 Å². The number of β-amino-alcohol motifs (C(OH)–C–C–N with tert-alkyl or cyclic N) is 1. The maximum Gasteiger partial charge on any atom is 0.305 e. The number of amidine groups is 1. The van der Waals surface area contributed by atoms with Crippen molar-refractivity contribution >= 4 is 11.8 Å². The van der Waals surface area contributed by atoms with Crippen LogP contribution in [0.4, 0.5) is 0 Å². The number of hydrogen-bond donors (Lipinski definition) is 1. The van der Waals surface area contributed by atoms with Crippen LogP contribution in [0.5, 0.6) is 0 Å². The second-order valence-electron chi connectivity index (χ2n) is 14.0. The second kappa shape index (κ2) is 36.6. The first-order valence-electron chi connectivity index (χ1n) is 20.6. The lowest BCUT2D eigenvalue weighted by molar-refractivity contribution is -0.521. The van der Waals surface area contributed by atoms with Gasteiger partial charge in [0.1, 0.15) is 32.8 Å². The fourth-order valence-electron chi connectivity index (χ4n) is 6.65. The first kappa shape index (κ1) is 46.3. The highest BCUT2D eigenvalue weighted by molar-refractivity contribution is 5.78. The van der Waals surface area contributed by atoms with Gasteiger partial charge in [-0.2, -0.15) is 0 Å². The summed E-state index contributed by atoms with van der Waals surface area (Å²) in [5, 5.41) is 9.56. The van der Waals surface area contributed by atoms with Gasteiger partial charge in [0.15, 0.2) is 0 Å². The Balaban J connectivity index is 0.0000221. The normalized spacial score (nSPS) is 13.4. The highest BCUT2D eigenvalue weighted by Crippen LogP contribution is 2.14. The molecule has 0 aromatic carbocycles. The highest BCUT2D eigenvalue weighted by atomic mass is 16.5. The SMILES string of the molecule is CCCCCCCC/C=C\CCCCCCCC(=O)OCCN1CC[N+](CCO)=C1CCCCCCC/C=C\CCCCCCCC.[OH-]. The number of carbonyl (C=O) groups is 1. The van der Waals surface area contributed by atoms with Gasteiger partial charge in [0.2, 0.25) is 5.84 Å². The van der Waals surface area contributed by atoms with E-state index in [1.807, 2.05) is 0 Å². The summed E-state index contributed by atoms with van der Waals surface area (Å²) in [5.74, 6) is 1.29. The van der Waals surface area contributed by atoms with Crippen LogP contribution in [0.15, 0.2) is 24.3 Å². The van der Waals surface area contributed by atoms with E-state index in [-0.39, 0.29) is 18.1 Å². The molecule has 0 bridgehead atoms. The van der Waals surface area contributed by atoms with Gasteiger partial charge in [0, 0.05) is 12.8 Å². The average Bonchev–Trinajstić information content (AvgIpc) is 3.45. The van der Waals surface area contributed by atoms with E-state index < -0.39 is 0 Å². The molecule has 2 N–H and O–H groups in total. The van der Waals surface area contributed by atoms with Crippen molar-refractivity contribution in [2.45, 2.75) is 194 Å². The molecule has 6 nitrogen and oxygen atoms in total. The van der Waals surface area contributed by atoms with Gasteiger partial charge in [-0.3, -0.25) is 14.3 Å². The highest BCUT2D eigenvalue weighted by Gasteiger charge is 2.29. The molecule has 282 valence electrons. The summed E-state index contributed by atoms with van der Waals surface area (Å²) in [6.07, 6.45) is 44.7. The molecule has 0 unspecified atom stereocenters. The van der Waals surface area contributed by atoms with Crippen LogP contribution in [0.25, 0.3) is 0 Å². The van der Waals surface area contributed by atoms with Crippen molar-refractivity contribution in [2.24, 2.45) is 0 Å². The Hall–Kier alpha value is -1.66. The smallest absolute Gasteiger partial charge is 0.305 e. The zero-order valence-electron chi connectivity index (χ0n) is 32.0. The number of ether oxygens (including phenoxy) is 1. The quantitative estimate of drug-likeness (QED) is 0.0313. The predicted octanol–water partition coefficient (Wildman–Crippen LogP) is 11.1. The minimum Gasteiger partial charge on any atom is -0.870 e. The van der Waals surface area contributed by atoms with Crippen molar-refractivity contribution in [3.05, 3.63) is 24.3 Å². The van der Waals surface area contributed by atoms with Gasteiger partial charge < -0.3 is 15.3 Å². The molecular weight excluding hydrogens is 596 g/mol. The Morgan fingerprint density at radius 3 is 1.58 bits per heavy atom. The zero-order valence-corrected chi connectivity index (χ0v) is 32.0. The van der Waals surface area contributed by atoms with E-state index in [1.165, 1.54) is 160 Å². The molecule has 0 fully saturated rings. The molecular formula is C42H80N2O4. The fourth-order valence-corrected chi connectivity index (χ4v) is 6.65. The first-order valence-corrected chi connectivity index (χ1v) is 20.6. The molecule has 0 aliphatic carbocycles. The van der Waals surface area contributed by atoms with Crippen molar-refractivity contribution in [3.63, 3.8) is 0 Å². The molecule has 0 amide bonds. The largest absolute Gasteiger partial charge is 0.870 e. The van der Waals surface area contributed by atoms with Gasteiger partial charge in [0.05, 0.1) is 6.61 Å². The lowest BCUT2D eigenvalue weighted by Crippen LogP contribution is -2.33. The molecule has 0 aromatic rings. The number of hydrogen-bond acceptors (Lipinski definition) is 5. The van der Waals surface area contributed by atoms with Crippen LogP contribution >= 0.6 is 0 Å². The Bertz CT molecular complexity index is 795. The molecule has 1 aliphatic heterocycles. The maximum atomic E-state index is 12.3. The van der Waals surface area contributed by atoms with Crippen LogP contribution < -0.4 is 0 Å². The van der Waals surface area contributed by atoms with Gasteiger partial charge in [-0.15, -0.1) is 0 Å². The molecule has 0 aromatic heterocycles. The van der Waals surface area contributed by atoms with Crippen molar-refractivity contribution < 1.29 is 24.7 Å². The monoisotopic (exact) mass is 677 g/mol. The van der Waals surface area contributed by atoms with Crippen LogP contribution in [0.2, 0.25) is 0 Å². The molecule has 6 heteroatoms. The van der Waals surface area contributed by atoms with Gasteiger partial charge in [-0.25, -0.2) is 0 Å².